The van der Waals surface area contributed by atoms with Gasteiger partial charge in [-0.1, -0.05) is 18.2 Å². The van der Waals surface area contributed by atoms with Crippen LogP contribution in [0.3, 0.4) is 0 Å². The van der Waals surface area contributed by atoms with Crippen LogP contribution in [0.15, 0.2) is 48.5 Å². The van der Waals surface area contributed by atoms with E-state index in [1.54, 1.807) is 6.07 Å². The average molecular weight is 364 g/mol. The first kappa shape index (κ1) is 17.5. The zero-order valence-electron chi connectivity index (χ0n) is 15.4. The van der Waals surface area contributed by atoms with Crippen molar-refractivity contribution in [1.82, 2.24) is 15.0 Å². The van der Waals surface area contributed by atoms with E-state index in [0.717, 1.165) is 40.8 Å². The Morgan fingerprint density at radius 3 is 2.56 bits per heavy atom. The molecule has 1 aliphatic heterocycles. The number of hydrogen-bond donors (Lipinski definition) is 0. The van der Waals surface area contributed by atoms with E-state index in [2.05, 4.69) is 14.9 Å². The number of aryl methyl sites for hydroxylation is 2. The van der Waals surface area contributed by atoms with Crippen LogP contribution in [-0.2, 0) is 4.74 Å². The van der Waals surface area contributed by atoms with E-state index >= 15 is 0 Å². The van der Waals surface area contributed by atoms with E-state index in [-0.39, 0.29) is 11.9 Å². The van der Waals surface area contributed by atoms with Gasteiger partial charge in [-0.2, -0.15) is 0 Å². The van der Waals surface area contributed by atoms with Crippen molar-refractivity contribution < 1.29 is 9.13 Å². The molecule has 1 saturated heterocycles. The number of morpholine rings is 1. The maximum atomic E-state index is 13.5. The zero-order valence-corrected chi connectivity index (χ0v) is 15.4. The van der Waals surface area contributed by atoms with Crippen molar-refractivity contribution in [3.8, 4) is 11.3 Å². The Kier molecular flexibility index (Phi) is 4.81. The van der Waals surface area contributed by atoms with Crippen molar-refractivity contribution in [1.29, 1.82) is 0 Å². The summed E-state index contributed by atoms with van der Waals surface area (Å²) >= 11 is 0. The van der Waals surface area contributed by atoms with Crippen molar-refractivity contribution in [2.45, 2.75) is 20.0 Å². The molecular weight excluding hydrogens is 343 g/mol. The van der Waals surface area contributed by atoms with Gasteiger partial charge in [-0.3, -0.25) is 0 Å². The number of aromatic nitrogens is 3. The molecule has 138 valence electrons. The minimum absolute atomic E-state index is 0.184. The standard InChI is InChI=1S/C21H21FN4O/c1-14-11-15(2)24-21(23-14)26-9-10-27-20(13-26)19-8-4-7-18(25-19)16-5-3-6-17(22)12-16/h3-8,11-12,20H,9-10,13H2,1-2H3/t20-/m0/s1. The second kappa shape index (κ2) is 7.40. The Bertz CT molecular complexity index is 942. The molecule has 0 N–H and O–H groups in total. The van der Waals surface area contributed by atoms with Crippen LogP contribution in [0.25, 0.3) is 11.3 Å². The summed E-state index contributed by atoms with van der Waals surface area (Å²) < 4.78 is 19.5. The highest BCUT2D eigenvalue weighted by Crippen LogP contribution is 2.26. The van der Waals surface area contributed by atoms with Gasteiger partial charge >= 0.3 is 0 Å². The van der Waals surface area contributed by atoms with Crippen LogP contribution in [0.2, 0.25) is 0 Å². The lowest BCUT2D eigenvalue weighted by Crippen LogP contribution is -2.39. The number of halogens is 1. The van der Waals surface area contributed by atoms with Gasteiger partial charge < -0.3 is 9.64 Å². The summed E-state index contributed by atoms with van der Waals surface area (Å²) in [5.41, 5.74) is 4.21. The monoisotopic (exact) mass is 364 g/mol. The quantitative estimate of drug-likeness (QED) is 0.706. The van der Waals surface area contributed by atoms with Crippen LogP contribution in [0.5, 0.6) is 0 Å². The van der Waals surface area contributed by atoms with Crippen molar-refractivity contribution in [2.24, 2.45) is 0 Å². The molecule has 0 spiro atoms. The smallest absolute Gasteiger partial charge is 0.225 e. The van der Waals surface area contributed by atoms with Gasteiger partial charge in [-0.15, -0.1) is 0 Å². The molecule has 4 rings (SSSR count). The van der Waals surface area contributed by atoms with Gasteiger partial charge in [0, 0.05) is 23.5 Å². The predicted octanol–water partition coefficient (Wildman–Crippen LogP) is 3.87. The summed E-state index contributed by atoms with van der Waals surface area (Å²) in [6.07, 6.45) is -0.184. The lowest BCUT2D eigenvalue weighted by atomic mass is 10.1. The molecule has 1 atom stereocenters. The first-order valence-corrected chi connectivity index (χ1v) is 9.00. The Balaban J connectivity index is 1.59. The van der Waals surface area contributed by atoms with E-state index in [1.165, 1.54) is 12.1 Å². The Morgan fingerprint density at radius 2 is 1.78 bits per heavy atom. The number of anilines is 1. The van der Waals surface area contributed by atoms with Crippen LogP contribution in [0.4, 0.5) is 10.3 Å². The molecule has 0 bridgehead atoms. The second-order valence-electron chi connectivity index (χ2n) is 6.71. The summed E-state index contributed by atoms with van der Waals surface area (Å²) in [5, 5.41) is 0. The van der Waals surface area contributed by atoms with Crippen LogP contribution >= 0.6 is 0 Å². The second-order valence-corrected chi connectivity index (χ2v) is 6.71. The van der Waals surface area contributed by atoms with Gasteiger partial charge in [0.2, 0.25) is 5.95 Å². The van der Waals surface area contributed by atoms with E-state index < -0.39 is 0 Å². The molecule has 2 aromatic heterocycles. The molecule has 0 aliphatic carbocycles. The topological polar surface area (TPSA) is 51.1 Å². The first-order chi connectivity index (χ1) is 13.1. The molecule has 3 heterocycles. The van der Waals surface area contributed by atoms with Gasteiger partial charge in [-0.25, -0.2) is 19.3 Å². The lowest BCUT2D eigenvalue weighted by molar-refractivity contribution is 0.0365. The van der Waals surface area contributed by atoms with E-state index in [0.29, 0.717) is 13.2 Å². The number of hydrogen-bond acceptors (Lipinski definition) is 5. The van der Waals surface area contributed by atoms with Crippen molar-refractivity contribution in [3.63, 3.8) is 0 Å². The normalized spacial score (nSPS) is 17.1. The van der Waals surface area contributed by atoms with Gasteiger partial charge in [0.1, 0.15) is 11.9 Å². The lowest BCUT2D eigenvalue weighted by Gasteiger charge is -2.33. The van der Waals surface area contributed by atoms with E-state index in [4.69, 9.17) is 9.72 Å². The van der Waals surface area contributed by atoms with Crippen molar-refractivity contribution in [2.75, 3.05) is 24.6 Å². The average Bonchev–Trinajstić information content (AvgIpc) is 2.67. The third-order valence-corrected chi connectivity index (χ3v) is 4.54. The van der Waals surface area contributed by atoms with Gasteiger partial charge in [0.05, 0.1) is 24.5 Å². The summed E-state index contributed by atoms with van der Waals surface area (Å²) in [5.74, 6) is 0.453. The van der Waals surface area contributed by atoms with Crippen LogP contribution in [0.1, 0.15) is 23.2 Å². The number of rotatable bonds is 3. The van der Waals surface area contributed by atoms with Crippen LogP contribution < -0.4 is 4.90 Å². The van der Waals surface area contributed by atoms with E-state index in [1.807, 2.05) is 44.2 Å². The SMILES string of the molecule is Cc1cc(C)nc(N2CCO[C@H](c3cccc(-c4cccc(F)c4)n3)C2)n1. The highest BCUT2D eigenvalue weighted by atomic mass is 19.1. The summed E-state index contributed by atoms with van der Waals surface area (Å²) in [4.78, 5) is 16.0. The van der Waals surface area contributed by atoms with Gasteiger partial charge in [0.15, 0.2) is 0 Å². The van der Waals surface area contributed by atoms with Crippen molar-refractivity contribution in [3.05, 3.63) is 71.4 Å². The first-order valence-electron chi connectivity index (χ1n) is 9.00. The molecule has 1 fully saturated rings. The molecule has 0 radical (unpaired) electrons. The van der Waals surface area contributed by atoms with Crippen LogP contribution in [-0.4, -0.2) is 34.6 Å². The molecule has 0 saturated carbocycles. The molecule has 6 heteroatoms. The van der Waals surface area contributed by atoms with E-state index in [9.17, 15) is 4.39 Å². The minimum atomic E-state index is -0.272. The van der Waals surface area contributed by atoms with Gasteiger partial charge in [0.25, 0.3) is 0 Å². The highest BCUT2D eigenvalue weighted by molar-refractivity contribution is 5.59. The molecular formula is C21H21FN4O. The van der Waals surface area contributed by atoms with Crippen molar-refractivity contribution >= 4 is 5.95 Å². The maximum absolute atomic E-state index is 13.5. The zero-order chi connectivity index (χ0) is 18.8. The fourth-order valence-corrected chi connectivity index (χ4v) is 3.30. The minimum Gasteiger partial charge on any atom is -0.368 e. The third kappa shape index (κ3) is 3.95. The molecule has 0 amide bonds. The molecule has 0 unspecified atom stereocenters. The fraction of sp³-hybridized carbons (Fsp3) is 0.286. The number of ether oxygens (including phenoxy) is 1. The Hall–Kier alpha value is -2.86. The number of pyridine rings is 1. The molecule has 1 aliphatic rings. The summed E-state index contributed by atoms with van der Waals surface area (Å²) in [6, 6.07) is 14.2. The highest BCUT2D eigenvalue weighted by Gasteiger charge is 2.25. The number of benzene rings is 1. The predicted molar refractivity (Wildman–Crippen MR) is 102 cm³/mol. The van der Waals surface area contributed by atoms with Crippen LogP contribution in [0, 0.1) is 19.7 Å². The van der Waals surface area contributed by atoms with Gasteiger partial charge in [-0.05, 0) is 44.2 Å². The maximum Gasteiger partial charge on any atom is 0.225 e. The summed E-state index contributed by atoms with van der Waals surface area (Å²) in [6.45, 7) is 5.89. The molecule has 27 heavy (non-hydrogen) atoms. The Morgan fingerprint density at radius 1 is 1.00 bits per heavy atom. The Labute approximate surface area is 157 Å². The molecule has 3 aromatic rings. The largest absolute Gasteiger partial charge is 0.368 e. The fourth-order valence-electron chi connectivity index (χ4n) is 3.30. The summed E-state index contributed by atoms with van der Waals surface area (Å²) in [7, 11) is 0. The third-order valence-electron chi connectivity index (χ3n) is 4.54. The number of nitrogens with zero attached hydrogens (tertiary/aromatic N) is 4. The molecule has 5 nitrogen and oxygen atoms in total. The molecule has 1 aromatic carbocycles.